The summed E-state index contributed by atoms with van der Waals surface area (Å²) in [4.78, 5) is 17.4. The van der Waals surface area contributed by atoms with Crippen molar-refractivity contribution in [3.8, 4) is 16.5 Å². The molecule has 0 fully saturated rings. The van der Waals surface area contributed by atoms with Crippen molar-refractivity contribution in [1.29, 1.82) is 0 Å². The lowest BCUT2D eigenvalue weighted by molar-refractivity contribution is -0.127. The molecule has 0 saturated carbocycles. The maximum atomic E-state index is 12.2. The van der Waals surface area contributed by atoms with Crippen LogP contribution in [-0.2, 0) is 11.3 Å². The number of ether oxygens (including phenoxy) is 1. The van der Waals surface area contributed by atoms with Crippen molar-refractivity contribution in [2.75, 3.05) is 0 Å². The Hall–Kier alpha value is -2.67. The van der Waals surface area contributed by atoms with E-state index in [9.17, 15) is 4.79 Å². The Balaban J connectivity index is 1.56. The summed E-state index contributed by atoms with van der Waals surface area (Å²) in [5.74, 6) is 1.35. The fourth-order valence-corrected chi connectivity index (χ4v) is 2.88. The van der Waals surface area contributed by atoms with Crippen molar-refractivity contribution >= 4 is 17.2 Å². The number of carbonyl (C=O) groups is 1. The van der Waals surface area contributed by atoms with Crippen LogP contribution in [-0.4, -0.2) is 22.2 Å². The maximum Gasteiger partial charge on any atom is 0.261 e. The minimum atomic E-state index is -0.625. The van der Waals surface area contributed by atoms with Gasteiger partial charge in [0.2, 0.25) is 11.7 Å². The first-order valence-electron chi connectivity index (χ1n) is 7.91. The topological polar surface area (TPSA) is 77.2 Å². The molecule has 1 N–H and O–H groups in total. The van der Waals surface area contributed by atoms with E-state index in [0.29, 0.717) is 17.5 Å². The fourth-order valence-electron chi connectivity index (χ4n) is 2.23. The highest BCUT2D eigenvalue weighted by atomic mass is 32.1. The molecule has 1 aromatic carbocycles. The molecule has 0 aliphatic heterocycles. The van der Waals surface area contributed by atoms with E-state index in [2.05, 4.69) is 15.5 Å². The van der Waals surface area contributed by atoms with Gasteiger partial charge in [-0.3, -0.25) is 4.79 Å². The standard InChI is InChI=1S/C18H19N3O3S/c1-11-6-4-7-14(12(11)2)23-13(3)18(22)19-10-16-20-17(21-24-16)15-8-5-9-25-15/h4-9,13H,10H2,1-3H3,(H,19,22)/t13-/m0/s1. The van der Waals surface area contributed by atoms with Crippen LogP contribution in [0.25, 0.3) is 10.7 Å². The van der Waals surface area contributed by atoms with Gasteiger partial charge in [-0.1, -0.05) is 23.4 Å². The summed E-state index contributed by atoms with van der Waals surface area (Å²) in [6, 6.07) is 9.61. The summed E-state index contributed by atoms with van der Waals surface area (Å²) in [6.45, 7) is 5.85. The van der Waals surface area contributed by atoms with Crippen LogP contribution in [0.2, 0.25) is 0 Å². The van der Waals surface area contributed by atoms with Crippen LogP contribution >= 0.6 is 11.3 Å². The number of aromatic nitrogens is 2. The number of benzene rings is 1. The molecule has 0 saturated heterocycles. The van der Waals surface area contributed by atoms with Crippen LogP contribution in [0.1, 0.15) is 23.9 Å². The van der Waals surface area contributed by atoms with E-state index in [1.54, 1.807) is 6.92 Å². The second-order valence-electron chi connectivity index (χ2n) is 5.66. The predicted molar refractivity (Wildman–Crippen MR) is 95.5 cm³/mol. The molecule has 0 spiro atoms. The number of nitrogens with one attached hydrogen (secondary N) is 1. The van der Waals surface area contributed by atoms with E-state index in [4.69, 9.17) is 9.26 Å². The lowest BCUT2D eigenvalue weighted by Crippen LogP contribution is -2.36. The Morgan fingerprint density at radius 2 is 2.16 bits per heavy atom. The summed E-state index contributed by atoms with van der Waals surface area (Å²) >= 11 is 1.53. The molecule has 0 bridgehead atoms. The zero-order chi connectivity index (χ0) is 17.8. The zero-order valence-electron chi connectivity index (χ0n) is 14.3. The summed E-state index contributed by atoms with van der Waals surface area (Å²) in [6.07, 6.45) is -0.625. The van der Waals surface area contributed by atoms with Crippen LogP contribution in [0.5, 0.6) is 5.75 Å². The van der Waals surface area contributed by atoms with Gasteiger partial charge in [-0.2, -0.15) is 4.98 Å². The molecule has 25 heavy (non-hydrogen) atoms. The molecule has 130 valence electrons. The summed E-state index contributed by atoms with van der Waals surface area (Å²) in [7, 11) is 0. The second-order valence-corrected chi connectivity index (χ2v) is 6.61. The zero-order valence-corrected chi connectivity index (χ0v) is 15.1. The van der Waals surface area contributed by atoms with E-state index < -0.39 is 6.10 Å². The second kappa shape index (κ2) is 7.48. The van der Waals surface area contributed by atoms with Gasteiger partial charge >= 0.3 is 0 Å². The first kappa shape index (κ1) is 17.2. The molecule has 2 aromatic heterocycles. The molecular formula is C18H19N3O3S. The van der Waals surface area contributed by atoms with Gasteiger partial charge < -0.3 is 14.6 Å². The Bertz CT molecular complexity index is 858. The largest absolute Gasteiger partial charge is 0.481 e. The highest BCUT2D eigenvalue weighted by Crippen LogP contribution is 2.22. The van der Waals surface area contributed by atoms with Crippen LogP contribution in [0.4, 0.5) is 0 Å². The summed E-state index contributed by atoms with van der Waals surface area (Å²) in [5.41, 5.74) is 2.15. The molecule has 1 amide bonds. The van der Waals surface area contributed by atoms with Gasteiger partial charge in [-0.15, -0.1) is 11.3 Å². The van der Waals surface area contributed by atoms with Crippen molar-refractivity contribution in [2.45, 2.75) is 33.4 Å². The van der Waals surface area contributed by atoms with Crippen molar-refractivity contribution in [2.24, 2.45) is 0 Å². The van der Waals surface area contributed by atoms with Crippen molar-refractivity contribution in [3.63, 3.8) is 0 Å². The molecule has 0 unspecified atom stereocenters. The lowest BCUT2D eigenvalue weighted by atomic mass is 10.1. The predicted octanol–water partition coefficient (Wildman–Crippen LogP) is 3.50. The molecular weight excluding hydrogens is 338 g/mol. The molecule has 6 nitrogen and oxygen atoms in total. The Morgan fingerprint density at radius 3 is 2.92 bits per heavy atom. The third-order valence-corrected chi connectivity index (χ3v) is 4.72. The van der Waals surface area contributed by atoms with E-state index in [1.807, 2.05) is 49.6 Å². The molecule has 0 radical (unpaired) electrons. The molecule has 7 heteroatoms. The first-order valence-corrected chi connectivity index (χ1v) is 8.79. The number of amides is 1. The van der Waals surface area contributed by atoms with Gasteiger partial charge in [0.1, 0.15) is 5.75 Å². The number of carbonyl (C=O) groups excluding carboxylic acids is 1. The van der Waals surface area contributed by atoms with Gasteiger partial charge in [-0.25, -0.2) is 0 Å². The van der Waals surface area contributed by atoms with Crippen molar-refractivity contribution in [1.82, 2.24) is 15.5 Å². The number of hydrogen-bond donors (Lipinski definition) is 1. The van der Waals surface area contributed by atoms with Gasteiger partial charge in [-0.05, 0) is 49.4 Å². The van der Waals surface area contributed by atoms with Crippen LogP contribution < -0.4 is 10.1 Å². The quantitative estimate of drug-likeness (QED) is 0.730. The van der Waals surface area contributed by atoms with Crippen LogP contribution in [0.15, 0.2) is 40.2 Å². The Labute approximate surface area is 149 Å². The highest BCUT2D eigenvalue weighted by molar-refractivity contribution is 7.13. The van der Waals surface area contributed by atoms with Crippen molar-refractivity contribution in [3.05, 3.63) is 52.7 Å². The number of thiophene rings is 1. The lowest BCUT2D eigenvalue weighted by Gasteiger charge is -2.16. The van der Waals surface area contributed by atoms with E-state index in [1.165, 1.54) is 11.3 Å². The SMILES string of the molecule is Cc1cccc(O[C@@H](C)C(=O)NCc2nc(-c3cccs3)no2)c1C. The Kier molecular flexibility index (Phi) is 5.14. The van der Waals surface area contributed by atoms with E-state index >= 15 is 0 Å². The molecule has 3 aromatic rings. The van der Waals surface area contributed by atoms with E-state index in [0.717, 1.165) is 16.0 Å². The minimum Gasteiger partial charge on any atom is -0.481 e. The number of rotatable bonds is 6. The van der Waals surface area contributed by atoms with Crippen molar-refractivity contribution < 1.29 is 14.1 Å². The first-order chi connectivity index (χ1) is 12.0. The minimum absolute atomic E-state index is 0.164. The van der Waals surface area contributed by atoms with Crippen LogP contribution in [0.3, 0.4) is 0 Å². The molecule has 0 aliphatic rings. The Morgan fingerprint density at radius 1 is 1.32 bits per heavy atom. The molecule has 0 aliphatic carbocycles. The maximum absolute atomic E-state index is 12.2. The molecule has 3 rings (SSSR count). The monoisotopic (exact) mass is 357 g/mol. The van der Waals surface area contributed by atoms with E-state index in [-0.39, 0.29) is 12.5 Å². The molecule has 2 heterocycles. The third kappa shape index (κ3) is 4.06. The highest BCUT2D eigenvalue weighted by Gasteiger charge is 2.17. The fraction of sp³-hybridized carbons (Fsp3) is 0.278. The normalized spacial score (nSPS) is 12.0. The average Bonchev–Trinajstić information content (AvgIpc) is 3.27. The number of hydrogen-bond acceptors (Lipinski definition) is 6. The van der Waals surface area contributed by atoms with Gasteiger partial charge in [0, 0.05) is 0 Å². The van der Waals surface area contributed by atoms with Gasteiger partial charge in [0.15, 0.2) is 6.10 Å². The average molecular weight is 357 g/mol. The number of aryl methyl sites for hydroxylation is 1. The molecule has 1 atom stereocenters. The van der Waals surface area contributed by atoms with Crippen LogP contribution in [0, 0.1) is 13.8 Å². The third-order valence-electron chi connectivity index (χ3n) is 3.85. The summed E-state index contributed by atoms with van der Waals surface area (Å²) < 4.78 is 10.9. The number of nitrogens with zero attached hydrogens (tertiary/aromatic N) is 2. The van der Waals surface area contributed by atoms with Gasteiger partial charge in [0.05, 0.1) is 11.4 Å². The smallest absolute Gasteiger partial charge is 0.261 e. The summed E-state index contributed by atoms with van der Waals surface area (Å²) in [5, 5.41) is 8.61. The van der Waals surface area contributed by atoms with Gasteiger partial charge in [0.25, 0.3) is 5.91 Å².